The summed E-state index contributed by atoms with van der Waals surface area (Å²) in [6.07, 6.45) is 1.78. The summed E-state index contributed by atoms with van der Waals surface area (Å²) >= 11 is 0. The zero-order chi connectivity index (χ0) is 13.8. The lowest BCUT2D eigenvalue weighted by Crippen LogP contribution is -2.14. The molecular weight excluding hydrogens is 250 g/mol. The van der Waals surface area contributed by atoms with E-state index < -0.39 is 0 Å². The molecule has 1 heterocycles. The Bertz CT molecular complexity index is 568. The molecule has 0 bridgehead atoms. The van der Waals surface area contributed by atoms with Crippen molar-refractivity contribution in [3.05, 3.63) is 59.7 Å². The number of ether oxygens (including phenoxy) is 2. The molecule has 0 aromatic heterocycles. The van der Waals surface area contributed by atoms with Gasteiger partial charge in [-0.25, -0.2) is 0 Å². The van der Waals surface area contributed by atoms with Gasteiger partial charge in [0.1, 0.15) is 11.5 Å². The highest BCUT2D eigenvalue weighted by atomic mass is 16.5. The van der Waals surface area contributed by atoms with Crippen molar-refractivity contribution in [3.8, 4) is 11.5 Å². The fourth-order valence-electron chi connectivity index (χ4n) is 2.42. The molecule has 0 spiro atoms. The van der Waals surface area contributed by atoms with Crippen LogP contribution >= 0.6 is 0 Å². The minimum absolute atomic E-state index is 0.00427. The molecule has 0 aliphatic carbocycles. The molecule has 1 unspecified atom stereocenters. The molecule has 3 rings (SSSR count). The summed E-state index contributed by atoms with van der Waals surface area (Å²) in [5, 5.41) is 0. The number of hydrogen-bond acceptors (Lipinski definition) is 3. The number of nitrogens with two attached hydrogens (primary N) is 1. The molecule has 3 heteroatoms. The second-order valence-corrected chi connectivity index (χ2v) is 5.02. The van der Waals surface area contributed by atoms with Crippen LogP contribution in [0.15, 0.2) is 48.5 Å². The summed E-state index contributed by atoms with van der Waals surface area (Å²) < 4.78 is 11.2. The van der Waals surface area contributed by atoms with E-state index in [4.69, 9.17) is 15.2 Å². The molecule has 2 N–H and O–H groups in total. The van der Waals surface area contributed by atoms with E-state index in [0.29, 0.717) is 6.61 Å². The monoisotopic (exact) mass is 269 g/mol. The van der Waals surface area contributed by atoms with Crippen LogP contribution in [0.3, 0.4) is 0 Å². The van der Waals surface area contributed by atoms with Crippen molar-refractivity contribution in [2.45, 2.75) is 18.9 Å². The summed E-state index contributed by atoms with van der Waals surface area (Å²) in [7, 11) is 0. The van der Waals surface area contributed by atoms with Gasteiger partial charge in [-0.1, -0.05) is 30.3 Å². The minimum atomic E-state index is 0.00427. The Morgan fingerprint density at radius 3 is 2.85 bits per heavy atom. The van der Waals surface area contributed by atoms with Gasteiger partial charge in [-0.2, -0.15) is 0 Å². The Hall–Kier alpha value is -2.00. The van der Waals surface area contributed by atoms with Gasteiger partial charge in [0.2, 0.25) is 0 Å². The molecule has 3 nitrogen and oxygen atoms in total. The van der Waals surface area contributed by atoms with Crippen LogP contribution < -0.4 is 15.2 Å². The van der Waals surface area contributed by atoms with Crippen LogP contribution in [0, 0.1) is 0 Å². The quantitative estimate of drug-likeness (QED) is 0.907. The van der Waals surface area contributed by atoms with Crippen LogP contribution in [-0.4, -0.2) is 13.2 Å². The van der Waals surface area contributed by atoms with Crippen molar-refractivity contribution in [2.24, 2.45) is 5.73 Å². The maximum absolute atomic E-state index is 6.23. The topological polar surface area (TPSA) is 44.5 Å². The highest BCUT2D eigenvalue weighted by Crippen LogP contribution is 2.28. The summed E-state index contributed by atoms with van der Waals surface area (Å²) in [4.78, 5) is 0. The zero-order valence-corrected chi connectivity index (χ0v) is 11.4. The molecule has 0 fully saturated rings. The third-order valence-corrected chi connectivity index (χ3v) is 3.58. The first-order chi connectivity index (χ1) is 9.83. The standard InChI is InChI=1S/C17H19NO2/c18-16(9-11-19-15-4-2-1-3-5-15)13-6-7-17-14(12-13)8-10-20-17/h1-7,12,16H,8-11,18H2. The molecule has 2 aromatic carbocycles. The molecule has 20 heavy (non-hydrogen) atoms. The van der Waals surface area contributed by atoms with Crippen LogP contribution in [0.4, 0.5) is 0 Å². The van der Waals surface area contributed by atoms with Crippen LogP contribution in [0.5, 0.6) is 11.5 Å². The zero-order valence-electron chi connectivity index (χ0n) is 11.4. The van der Waals surface area contributed by atoms with E-state index in [2.05, 4.69) is 12.1 Å². The number of benzene rings is 2. The largest absolute Gasteiger partial charge is 0.494 e. The highest BCUT2D eigenvalue weighted by Gasteiger charge is 2.14. The van der Waals surface area contributed by atoms with Crippen molar-refractivity contribution in [1.29, 1.82) is 0 Å². The summed E-state index contributed by atoms with van der Waals surface area (Å²) in [6, 6.07) is 16.1. The van der Waals surface area contributed by atoms with Crippen LogP contribution in [0.25, 0.3) is 0 Å². The van der Waals surface area contributed by atoms with Crippen molar-refractivity contribution in [2.75, 3.05) is 13.2 Å². The molecule has 0 amide bonds. The van der Waals surface area contributed by atoms with Gasteiger partial charge in [-0.05, 0) is 29.3 Å². The third-order valence-electron chi connectivity index (χ3n) is 3.58. The fraction of sp³-hybridized carbons (Fsp3) is 0.294. The summed E-state index contributed by atoms with van der Waals surface area (Å²) in [5.41, 5.74) is 8.66. The fourth-order valence-corrected chi connectivity index (χ4v) is 2.42. The van der Waals surface area contributed by atoms with E-state index in [9.17, 15) is 0 Å². The Morgan fingerprint density at radius 2 is 2.00 bits per heavy atom. The first-order valence-corrected chi connectivity index (χ1v) is 7.02. The molecule has 1 atom stereocenters. The predicted octanol–water partition coefficient (Wildman–Crippen LogP) is 3.09. The summed E-state index contributed by atoms with van der Waals surface area (Å²) in [6.45, 7) is 1.41. The number of rotatable bonds is 5. The van der Waals surface area contributed by atoms with E-state index in [0.717, 1.165) is 36.5 Å². The van der Waals surface area contributed by atoms with Crippen LogP contribution in [0.1, 0.15) is 23.6 Å². The highest BCUT2D eigenvalue weighted by molar-refractivity contribution is 5.40. The molecule has 0 radical (unpaired) electrons. The molecule has 104 valence electrons. The van der Waals surface area contributed by atoms with Gasteiger partial charge in [0.05, 0.1) is 13.2 Å². The molecule has 1 aliphatic heterocycles. The summed E-state index contributed by atoms with van der Waals surface area (Å²) in [5.74, 6) is 1.89. The minimum Gasteiger partial charge on any atom is -0.494 e. The van der Waals surface area contributed by atoms with Crippen molar-refractivity contribution >= 4 is 0 Å². The molecule has 1 aliphatic rings. The normalized spacial score (nSPS) is 14.4. The first kappa shape index (κ1) is 13.0. The Morgan fingerprint density at radius 1 is 1.15 bits per heavy atom. The lowest BCUT2D eigenvalue weighted by molar-refractivity contribution is 0.298. The maximum atomic E-state index is 6.23. The SMILES string of the molecule is NC(CCOc1ccccc1)c1ccc2c(c1)CCO2. The van der Waals surface area contributed by atoms with Gasteiger partial charge in [0, 0.05) is 18.9 Å². The Labute approximate surface area is 119 Å². The number of hydrogen-bond donors (Lipinski definition) is 1. The van der Waals surface area contributed by atoms with E-state index in [-0.39, 0.29) is 6.04 Å². The number of para-hydroxylation sites is 1. The third kappa shape index (κ3) is 2.94. The predicted molar refractivity (Wildman–Crippen MR) is 79.1 cm³/mol. The molecule has 0 saturated carbocycles. The lowest BCUT2D eigenvalue weighted by Gasteiger charge is -2.14. The van der Waals surface area contributed by atoms with E-state index in [1.807, 2.05) is 36.4 Å². The lowest BCUT2D eigenvalue weighted by atomic mass is 10.0. The average molecular weight is 269 g/mol. The van der Waals surface area contributed by atoms with Gasteiger partial charge >= 0.3 is 0 Å². The maximum Gasteiger partial charge on any atom is 0.122 e. The Balaban J connectivity index is 1.55. The van der Waals surface area contributed by atoms with E-state index in [1.165, 1.54) is 5.56 Å². The molecule has 2 aromatic rings. The smallest absolute Gasteiger partial charge is 0.122 e. The van der Waals surface area contributed by atoms with Gasteiger partial charge in [0.15, 0.2) is 0 Å². The van der Waals surface area contributed by atoms with Crippen LogP contribution in [0.2, 0.25) is 0 Å². The molecule has 0 saturated heterocycles. The Kier molecular flexibility index (Phi) is 3.88. The average Bonchev–Trinajstić information content (AvgIpc) is 2.95. The second-order valence-electron chi connectivity index (χ2n) is 5.02. The second kappa shape index (κ2) is 5.97. The van der Waals surface area contributed by atoms with Crippen molar-refractivity contribution < 1.29 is 9.47 Å². The van der Waals surface area contributed by atoms with Gasteiger partial charge in [0.25, 0.3) is 0 Å². The van der Waals surface area contributed by atoms with Gasteiger partial charge in [-0.15, -0.1) is 0 Å². The van der Waals surface area contributed by atoms with Crippen LogP contribution in [-0.2, 0) is 6.42 Å². The van der Waals surface area contributed by atoms with Crippen molar-refractivity contribution in [1.82, 2.24) is 0 Å². The van der Waals surface area contributed by atoms with Gasteiger partial charge < -0.3 is 15.2 Å². The van der Waals surface area contributed by atoms with E-state index >= 15 is 0 Å². The number of fused-ring (bicyclic) bond motifs is 1. The molecular formula is C17H19NO2. The van der Waals surface area contributed by atoms with E-state index in [1.54, 1.807) is 0 Å². The first-order valence-electron chi connectivity index (χ1n) is 7.02. The van der Waals surface area contributed by atoms with Gasteiger partial charge in [-0.3, -0.25) is 0 Å². The van der Waals surface area contributed by atoms with Crippen molar-refractivity contribution in [3.63, 3.8) is 0 Å².